The first-order valence-electron chi connectivity index (χ1n) is 11.9. The SMILES string of the molecule is Cc1nc(-c2ccc(CS(=O)(=O)c3cc(Cl)ccc3Cl)cc2)nc2n[nH]c(CCC3CCOCC3)c12. The van der Waals surface area contributed by atoms with E-state index in [1.807, 2.05) is 19.1 Å². The Morgan fingerprint density at radius 1 is 1.06 bits per heavy atom. The summed E-state index contributed by atoms with van der Waals surface area (Å²) in [5, 5.41) is 9.05. The molecule has 36 heavy (non-hydrogen) atoms. The molecule has 0 unspecified atom stereocenters. The summed E-state index contributed by atoms with van der Waals surface area (Å²) in [6.45, 7) is 3.66. The minimum atomic E-state index is -3.66. The van der Waals surface area contributed by atoms with E-state index in [0.29, 0.717) is 28.0 Å². The molecule has 1 aliphatic rings. The number of nitrogens with one attached hydrogen (secondary N) is 1. The lowest BCUT2D eigenvalue weighted by Gasteiger charge is -2.21. The third-order valence-corrected chi connectivity index (χ3v) is 9.01. The van der Waals surface area contributed by atoms with E-state index in [1.165, 1.54) is 12.1 Å². The van der Waals surface area contributed by atoms with Gasteiger partial charge in [-0.05, 0) is 62.3 Å². The number of benzene rings is 2. The largest absolute Gasteiger partial charge is 0.381 e. The topological polar surface area (TPSA) is 97.8 Å². The van der Waals surface area contributed by atoms with Gasteiger partial charge >= 0.3 is 0 Å². The quantitative estimate of drug-likeness (QED) is 0.307. The molecule has 2 aromatic heterocycles. The summed E-state index contributed by atoms with van der Waals surface area (Å²) < 4.78 is 31.2. The third-order valence-electron chi connectivity index (χ3n) is 6.61. The first-order valence-corrected chi connectivity index (χ1v) is 14.3. The Hall–Kier alpha value is -2.52. The summed E-state index contributed by atoms with van der Waals surface area (Å²) in [5.74, 6) is 1.03. The Morgan fingerprint density at radius 3 is 2.56 bits per heavy atom. The minimum Gasteiger partial charge on any atom is -0.381 e. The summed E-state index contributed by atoms with van der Waals surface area (Å²) in [4.78, 5) is 9.43. The van der Waals surface area contributed by atoms with Gasteiger partial charge in [0.2, 0.25) is 0 Å². The summed E-state index contributed by atoms with van der Waals surface area (Å²) >= 11 is 12.1. The fourth-order valence-corrected chi connectivity index (χ4v) is 6.79. The van der Waals surface area contributed by atoms with Crippen molar-refractivity contribution in [2.45, 2.75) is 43.3 Å². The zero-order valence-electron chi connectivity index (χ0n) is 19.8. The highest BCUT2D eigenvalue weighted by atomic mass is 35.5. The van der Waals surface area contributed by atoms with Gasteiger partial charge in [-0.3, -0.25) is 5.10 Å². The first-order chi connectivity index (χ1) is 17.3. The normalized spacial score (nSPS) is 15.0. The number of sulfone groups is 1. The zero-order valence-corrected chi connectivity index (χ0v) is 22.1. The van der Waals surface area contributed by atoms with Crippen molar-refractivity contribution in [2.75, 3.05) is 13.2 Å². The molecule has 4 aromatic rings. The van der Waals surface area contributed by atoms with Gasteiger partial charge in [-0.1, -0.05) is 47.5 Å². The standard InChI is InChI=1S/C26H26Cl2N4O3S/c1-16-24-22(9-4-17-10-12-35-13-11-17)31-32-26(24)30-25(29-16)19-5-2-18(3-6-19)15-36(33,34)23-14-20(27)7-8-21(23)28/h2-3,5-8,14,17H,4,9-13,15H2,1H3,(H,29,30,31,32). The molecule has 10 heteroatoms. The van der Waals surface area contributed by atoms with Crippen LogP contribution in [-0.2, 0) is 26.7 Å². The van der Waals surface area contributed by atoms with Crippen molar-refractivity contribution in [3.63, 3.8) is 0 Å². The fraction of sp³-hybridized carbons (Fsp3) is 0.346. The first kappa shape index (κ1) is 25.1. The van der Waals surface area contributed by atoms with E-state index < -0.39 is 9.84 Å². The van der Waals surface area contributed by atoms with Crippen LogP contribution in [0.1, 0.15) is 36.2 Å². The van der Waals surface area contributed by atoms with Gasteiger partial charge in [0, 0.05) is 29.5 Å². The Labute approximate surface area is 220 Å². The van der Waals surface area contributed by atoms with Crippen molar-refractivity contribution >= 4 is 44.1 Å². The number of halogens is 2. The Kier molecular flexibility index (Phi) is 7.30. The zero-order chi connectivity index (χ0) is 25.3. The molecule has 0 radical (unpaired) electrons. The average Bonchev–Trinajstić information content (AvgIpc) is 3.28. The molecule has 0 amide bonds. The molecule has 0 bridgehead atoms. The molecule has 188 valence electrons. The number of hydrogen-bond donors (Lipinski definition) is 1. The van der Waals surface area contributed by atoms with Gasteiger partial charge in [0.05, 0.1) is 26.8 Å². The molecule has 2 aromatic carbocycles. The van der Waals surface area contributed by atoms with Crippen LogP contribution >= 0.6 is 23.2 Å². The van der Waals surface area contributed by atoms with Crippen LogP contribution in [0.25, 0.3) is 22.4 Å². The van der Waals surface area contributed by atoms with Gasteiger partial charge in [0.15, 0.2) is 21.3 Å². The summed E-state index contributed by atoms with van der Waals surface area (Å²) in [6, 6.07) is 11.6. The van der Waals surface area contributed by atoms with E-state index in [9.17, 15) is 8.42 Å². The lowest BCUT2D eigenvalue weighted by atomic mass is 9.93. The summed E-state index contributed by atoms with van der Waals surface area (Å²) in [5.41, 5.74) is 3.99. The van der Waals surface area contributed by atoms with Crippen molar-refractivity contribution in [1.29, 1.82) is 0 Å². The molecule has 1 N–H and O–H groups in total. The maximum Gasteiger partial charge on any atom is 0.185 e. The van der Waals surface area contributed by atoms with Crippen LogP contribution in [0.3, 0.4) is 0 Å². The van der Waals surface area contributed by atoms with Crippen LogP contribution in [0.4, 0.5) is 0 Å². The second-order valence-corrected chi connectivity index (χ2v) is 12.0. The molecular formula is C26H26Cl2N4O3S. The van der Waals surface area contributed by atoms with E-state index >= 15 is 0 Å². The molecule has 1 fully saturated rings. The van der Waals surface area contributed by atoms with Gasteiger partial charge in [0.1, 0.15) is 0 Å². The van der Waals surface area contributed by atoms with E-state index in [4.69, 9.17) is 32.9 Å². The molecule has 0 spiro atoms. The van der Waals surface area contributed by atoms with Gasteiger partial charge in [0.25, 0.3) is 0 Å². The Bertz CT molecular complexity index is 1500. The lowest BCUT2D eigenvalue weighted by molar-refractivity contribution is 0.0640. The van der Waals surface area contributed by atoms with Crippen LogP contribution in [0.15, 0.2) is 47.4 Å². The second kappa shape index (κ2) is 10.5. The van der Waals surface area contributed by atoms with E-state index in [1.54, 1.807) is 18.2 Å². The molecule has 0 atom stereocenters. The Balaban J connectivity index is 1.34. The molecule has 7 nitrogen and oxygen atoms in total. The highest BCUT2D eigenvalue weighted by Gasteiger charge is 2.20. The third kappa shape index (κ3) is 5.42. The van der Waals surface area contributed by atoms with Crippen LogP contribution in [0, 0.1) is 12.8 Å². The van der Waals surface area contributed by atoms with Crippen molar-refractivity contribution < 1.29 is 13.2 Å². The molecule has 1 saturated heterocycles. The summed E-state index contributed by atoms with van der Waals surface area (Å²) in [7, 11) is -3.66. The van der Waals surface area contributed by atoms with Crippen molar-refractivity contribution in [1.82, 2.24) is 20.2 Å². The lowest BCUT2D eigenvalue weighted by Crippen LogP contribution is -2.16. The fourth-order valence-electron chi connectivity index (χ4n) is 4.62. The minimum absolute atomic E-state index is 0.0244. The van der Waals surface area contributed by atoms with E-state index in [2.05, 4.69) is 15.2 Å². The van der Waals surface area contributed by atoms with Crippen LogP contribution in [-0.4, -0.2) is 41.8 Å². The highest BCUT2D eigenvalue weighted by Crippen LogP contribution is 2.29. The van der Waals surface area contributed by atoms with Crippen LogP contribution < -0.4 is 0 Å². The van der Waals surface area contributed by atoms with Crippen molar-refractivity contribution in [2.24, 2.45) is 5.92 Å². The molecule has 3 heterocycles. The maximum absolute atomic E-state index is 12.9. The number of hydrogen-bond acceptors (Lipinski definition) is 6. The maximum atomic E-state index is 12.9. The van der Waals surface area contributed by atoms with Crippen LogP contribution in [0.5, 0.6) is 0 Å². The van der Waals surface area contributed by atoms with E-state index in [0.717, 1.165) is 61.2 Å². The monoisotopic (exact) mass is 544 g/mol. The molecule has 0 aliphatic carbocycles. The van der Waals surface area contributed by atoms with Crippen molar-refractivity contribution in [3.8, 4) is 11.4 Å². The average molecular weight is 545 g/mol. The Morgan fingerprint density at radius 2 is 1.81 bits per heavy atom. The van der Waals surface area contributed by atoms with Gasteiger partial charge in [-0.15, -0.1) is 0 Å². The second-order valence-electron chi connectivity index (χ2n) is 9.16. The number of rotatable bonds is 7. The number of aromatic amines is 1. The number of fused-ring (bicyclic) bond motifs is 1. The highest BCUT2D eigenvalue weighted by molar-refractivity contribution is 7.90. The number of nitrogens with zero attached hydrogens (tertiary/aromatic N) is 3. The molecule has 1 aliphatic heterocycles. The molecule has 0 saturated carbocycles. The van der Waals surface area contributed by atoms with Gasteiger partial charge in [-0.2, -0.15) is 5.10 Å². The predicted molar refractivity (Wildman–Crippen MR) is 141 cm³/mol. The van der Waals surface area contributed by atoms with Crippen LogP contribution in [0.2, 0.25) is 10.0 Å². The number of aromatic nitrogens is 4. The number of H-pyrrole nitrogens is 1. The summed E-state index contributed by atoms with van der Waals surface area (Å²) in [6.07, 6.45) is 4.21. The molecular weight excluding hydrogens is 519 g/mol. The predicted octanol–water partition coefficient (Wildman–Crippen LogP) is 5.97. The van der Waals surface area contributed by atoms with E-state index in [-0.39, 0.29) is 15.7 Å². The van der Waals surface area contributed by atoms with Gasteiger partial charge < -0.3 is 4.74 Å². The van der Waals surface area contributed by atoms with Gasteiger partial charge in [-0.25, -0.2) is 18.4 Å². The molecule has 5 rings (SSSR count). The number of ether oxygens (including phenoxy) is 1. The number of aryl methyl sites for hydroxylation is 2. The van der Waals surface area contributed by atoms with Crippen molar-refractivity contribution in [3.05, 3.63) is 69.5 Å². The smallest absolute Gasteiger partial charge is 0.185 e.